The first kappa shape index (κ1) is 49.5. The lowest BCUT2D eigenvalue weighted by Gasteiger charge is -2.35. The zero-order valence-electron chi connectivity index (χ0n) is 40.6. The Hall–Kier alpha value is -7.48. The topological polar surface area (TPSA) is 203 Å². The molecule has 7 aromatic rings. The summed E-state index contributed by atoms with van der Waals surface area (Å²) >= 11 is 1.54. The number of nitrogens with one attached hydrogen (secondary N) is 1. The predicted octanol–water partition coefficient (Wildman–Crippen LogP) is 6.77. The van der Waals surface area contributed by atoms with Gasteiger partial charge in [0.15, 0.2) is 5.58 Å². The van der Waals surface area contributed by atoms with Crippen molar-refractivity contribution in [2.45, 2.75) is 65.4 Å². The minimum absolute atomic E-state index is 0.145. The summed E-state index contributed by atoms with van der Waals surface area (Å²) in [4.78, 5) is 70.9. The van der Waals surface area contributed by atoms with Crippen LogP contribution in [0.1, 0.15) is 59.6 Å². The van der Waals surface area contributed by atoms with E-state index in [-0.39, 0.29) is 49.0 Å². The van der Waals surface area contributed by atoms with Crippen LogP contribution in [0.5, 0.6) is 17.2 Å². The first-order valence-corrected chi connectivity index (χ1v) is 24.8. The largest absolute Gasteiger partial charge is 0.491 e. The second-order valence-corrected chi connectivity index (χ2v) is 18.7. The normalized spacial score (nSPS) is 14.8. The number of benzene rings is 3. The van der Waals surface area contributed by atoms with Gasteiger partial charge in [-0.05, 0) is 79.3 Å². The third-order valence-corrected chi connectivity index (χ3v) is 13.5. The van der Waals surface area contributed by atoms with Crippen molar-refractivity contribution in [3.63, 3.8) is 0 Å². The second-order valence-electron chi connectivity index (χ2n) is 17.8. The summed E-state index contributed by atoms with van der Waals surface area (Å²) in [6, 6.07) is 24.0. The monoisotopic (exact) mass is 996 g/mol. The van der Waals surface area contributed by atoms with Gasteiger partial charge in [0.2, 0.25) is 17.7 Å². The number of likely N-dealkylation sites (tertiary alicyclic amines) is 1. The van der Waals surface area contributed by atoms with E-state index in [2.05, 4.69) is 25.4 Å². The van der Waals surface area contributed by atoms with E-state index in [9.17, 15) is 19.2 Å². The second kappa shape index (κ2) is 22.7. The van der Waals surface area contributed by atoms with E-state index in [4.69, 9.17) is 28.1 Å². The molecule has 0 unspecified atom stereocenters. The minimum Gasteiger partial charge on any atom is -0.491 e. The SMILES string of the molecule is Cc1ncsc1-c1ccc(CNC(=O)[C@@H]2CCCN2C(=O)[C@H](C(C)C)N2Cc3ccccc3C2=O)c(OCCOCCOCCOc2ccc(COc3ccc4oc(-c5ccc(=O)n(C)n5)nc4c3)nc2)c1. The summed E-state index contributed by atoms with van der Waals surface area (Å²) < 4.78 is 36.6. The van der Waals surface area contributed by atoms with Gasteiger partial charge in [-0.15, -0.1) is 11.3 Å². The van der Waals surface area contributed by atoms with Crippen molar-refractivity contribution < 1.29 is 42.5 Å². The minimum atomic E-state index is -0.682. The molecular formula is C53H56N8O10S. The number of ether oxygens (including phenoxy) is 5. The van der Waals surface area contributed by atoms with E-state index in [1.165, 1.54) is 10.7 Å². The first-order chi connectivity index (χ1) is 35.0. The summed E-state index contributed by atoms with van der Waals surface area (Å²) in [6.45, 7) is 9.06. The van der Waals surface area contributed by atoms with Crippen LogP contribution in [-0.4, -0.2) is 111 Å². The Bertz CT molecular complexity index is 3100. The first-order valence-electron chi connectivity index (χ1n) is 24.0. The number of carbonyl (C=O) groups excluding carboxylic acids is 3. The van der Waals surface area contributed by atoms with Crippen LogP contribution in [0.25, 0.3) is 33.1 Å². The number of thiazole rings is 1. The molecule has 9 rings (SSSR count). The average Bonchev–Trinajstić information content (AvgIpc) is 4.21. The lowest BCUT2D eigenvalue weighted by Crippen LogP contribution is -2.55. The molecule has 18 nitrogen and oxygen atoms in total. The van der Waals surface area contributed by atoms with Gasteiger partial charge in [0.05, 0.1) is 54.4 Å². The van der Waals surface area contributed by atoms with Crippen LogP contribution < -0.4 is 25.1 Å². The fourth-order valence-electron chi connectivity index (χ4n) is 8.82. The molecular weight excluding hydrogens is 941 g/mol. The van der Waals surface area contributed by atoms with Crippen molar-refractivity contribution in [1.29, 1.82) is 0 Å². The maximum Gasteiger partial charge on any atom is 0.266 e. The number of pyridine rings is 1. The number of aromatic nitrogens is 5. The van der Waals surface area contributed by atoms with Crippen LogP contribution >= 0.6 is 11.3 Å². The van der Waals surface area contributed by atoms with Crippen LogP contribution in [0.15, 0.2) is 106 Å². The summed E-state index contributed by atoms with van der Waals surface area (Å²) in [5, 5.41) is 7.28. The van der Waals surface area contributed by atoms with E-state index < -0.39 is 12.1 Å². The van der Waals surface area contributed by atoms with Crippen LogP contribution in [0.4, 0.5) is 0 Å². The molecule has 374 valence electrons. The van der Waals surface area contributed by atoms with Gasteiger partial charge in [-0.25, -0.2) is 14.6 Å². The fourth-order valence-corrected chi connectivity index (χ4v) is 9.62. The number of hydrogen-bond acceptors (Lipinski definition) is 15. The predicted molar refractivity (Wildman–Crippen MR) is 267 cm³/mol. The molecule has 2 aliphatic rings. The molecule has 3 aromatic carbocycles. The Morgan fingerprint density at radius 3 is 2.42 bits per heavy atom. The molecule has 0 radical (unpaired) electrons. The Kier molecular flexibility index (Phi) is 15.6. The molecule has 1 fully saturated rings. The van der Waals surface area contributed by atoms with E-state index in [0.29, 0.717) is 110 Å². The molecule has 0 aliphatic carbocycles. The number of aryl methyl sites for hydroxylation is 2. The molecule has 0 bridgehead atoms. The molecule has 1 saturated heterocycles. The van der Waals surface area contributed by atoms with Gasteiger partial charge < -0.3 is 43.2 Å². The van der Waals surface area contributed by atoms with Gasteiger partial charge in [0.1, 0.15) is 60.4 Å². The lowest BCUT2D eigenvalue weighted by molar-refractivity contribution is -0.143. The summed E-state index contributed by atoms with van der Waals surface area (Å²) in [6.07, 6.45) is 2.87. The number of carbonyl (C=O) groups is 3. The van der Waals surface area contributed by atoms with Crippen molar-refractivity contribution in [3.8, 4) is 39.3 Å². The highest BCUT2D eigenvalue weighted by molar-refractivity contribution is 7.13. The van der Waals surface area contributed by atoms with Crippen molar-refractivity contribution in [2.75, 3.05) is 46.2 Å². The molecule has 2 atom stereocenters. The van der Waals surface area contributed by atoms with E-state index in [1.54, 1.807) is 64.7 Å². The zero-order chi connectivity index (χ0) is 50.1. The van der Waals surface area contributed by atoms with Crippen LogP contribution in [-0.2, 0) is 45.8 Å². The number of fused-ring (bicyclic) bond motifs is 2. The molecule has 0 spiro atoms. The smallest absolute Gasteiger partial charge is 0.266 e. The quantitative estimate of drug-likeness (QED) is 0.0697. The zero-order valence-corrected chi connectivity index (χ0v) is 41.4. The Labute approximate surface area is 419 Å². The van der Waals surface area contributed by atoms with Crippen molar-refractivity contribution in [2.24, 2.45) is 13.0 Å². The highest BCUT2D eigenvalue weighted by atomic mass is 32.1. The Morgan fingerprint density at radius 1 is 0.875 bits per heavy atom. The highest BCUT2D eigenvalue weighted by Crippen LogP contribution is 2.34. The van der Waals surface area contributed by atoms with Crippen LogP contribution in [0.3, 0.4) is 0 Å². The van der Waals surface area contributed by atoms with Gasteiger partial charge in [0.25, 0.3) is 11.5 Å². The molecule has 3 amide bonds. The fraction of sp³-hybridized carbons (Fsp3) is 0.358. The molecule has 2 aliphatic heterocycles. The number of nitrogens with zero attached hydrogens (tertiary/aromatic N) is 7. The van der Waals surface area contributed by atoms with E-state index >= 15 is 0 Å². The van der Waals surface area contributed by atoms with Crippen molar-refractivity contribution >= 4 is 40.2 Å². The van der Waals surface area contributed by atoms with Crippen LogP contribution in [0, 0.1) is 12.8 Å². The van der Waals surface area contributed by atoms with E-state index in [0.717, 1.165) is 27.3 Å². The summed E-state index contributed by atoms with van der Waals surface area (Å²) in [7, 11) is 1.57. The number of hydrogen-bond donors (Lipinski definition) is 1. The number of amides is 3. The van der Waals surface area contributed by atoms with Crippen molar-refractivity contribution in [3.05, 3.63) is 135 Å². The van der Waals surface area contributed by atoms with Crippen LogP contribution in [0.2, 0.25) is 0 Å². The molecule has 6 heterocycles. The average molecular weight is 997 g/mol. The summed E-state index contributed by atoms with van der Waals surface area (Å²) in [5.41, 5.74) is 8.09. The maximum absolute atomic E-state index is 14.2. The number of rotatable bonds is 22. The standard InChI is InChI=1S/C53H56N8O10S/c1-33(2)48(61-30-37-8-5-6-9-41(37)52(61)64)53(65)60-19-7-10-44(60)50(63)55-28-36-12-11-35(49-34(3)56-32-72-49)26-46(36)69-25-23-67-21-20-66-22-24-68-40-14-13-38(54-29-40)31-70-39-15-17-45-43(27-39)57-51(71-45)42-16-18-47(62)59(4)58-42/h5-6,8-9,11-18,26-27,29,32-33,44,48H,7,10,19-25,28,30-31H2,1-4H3,(H,55,63)/t44-,48-/m0/s1. The van der Waals surface area contributed by atoms with Gasteiger partial charge in [0, 0.05) is 49.9 Å². The maximum atomic E-state index is 14.2. The molecule has 72 heavy (non-hydrogen) atoms. The third kappa shape index (κ3) is 11.5. The summed E-state index contributed by atoms with van der Waals surface area (Å²) in [5.74, 6) is 1.37. The Morgan fingerprint density at radius 2 is 1.67 bits per heavy atom. The Balaban J connectivity index is 0.695. The lowest BCUT2D eigenvalue weighted by atomic mass is 10.0. The highest BCUT2D eigenvalue weighted by Gasteiger charge is 2.43. The number of oxazole rings is 1. The third-order valence-electron chi connectivity index (χ3n) is 12.5. The van der Waals surface area contributed by atoms with Gasteiger partial charge in [-0.2, -0.15) is 5.10 Å². The molecule has 0 saturated carbocycles. The molecule has 1 N–H and O–H groups in total. The van der Waals surface area contributed by atoms with E-state index in [1.807, 2.05) is 74.8 Å². The van der Waals surface area contributed by atoms with Gasteiger partial charge in [-0.1, -0.05) is 44.2 Å². The van der Waals surface area contributed by atoms with Gasteiger partial charge >= 0.3 is 0 Å². The molecule has 4 aromatic heterocycles. The molecule has 19 heteroatoms. The van der Waals surface area contributed by atoms with Gasteiger partial charge in [-0.3, -0.25) is 24.2 Å². The van der Waals surface area contributed by atoms with Crippen molar-refractivity contribution in [1.82, 2.24) is 39.8 Å².